The Morgan fingerprint density at radius 2 is 2.09 bits per heavy atom. The Hall–Kier alpha value is -0.340. The summed E-state index contributed by atoms with van der Waals surface area (Å²) >= 11 is 1.88. The molecule has 11 heavy (non-hydrogen) atoms. The highest BCUT2D eigenvalue weighted by Gasteiger charge is 2.06. The molecule has 1 N–H and O–H groups in total. The molecule has 1 nitrogen and oxygen atoms in total. The summed E-state index contributed by atoms with van der Waals surface area (Å²) < 4.78 is 0. The van der Waals surface area contributed by atoms with Gasteiger partial charge in [0.05, 0.1) is 0 Å². The minimum Gasteiger partial charge on any atom is -0.313 e. The molecule has 1 atom stereocenters. The third-order valence-corrected chi connectivity index (χ3v) is 3.38. The highest BCUT2D eigenvalue weighted by molar-refractivity contribution is 7.12. The topological polar surface area (TPSA) is 12.0 Å². The second-order valence-electron chi connectivity index (χ2n) is 2.90. The van der Waals surface area contributed by atoms with Crippen molar-refractivity contribution in [2.24, 2.45) is 0 Å². The summed E-state index contributed by atoms with van der Waals surface area (Å²) in [7, 11) is 2.00. The lowest BCUT2D eigenvalue weighted by atomic mass is 10.2. The van der Waals surface area contributed by atoms with Crippen LogP contribution < -0.4 is 5.32 Å². The van der Waals surface area contributed by atoms with Crippen molar-refractivity contribution in [3.05, 3.63) is 21.4 Å². The van der Waals surface area contributed by atoms with E-state index in [1.165, 1.54) is 15.3 Å². The number of rotatable bonds is 2. The lowest BCUT2D eigenvalue weighted by molar-refractivity contribution is 0.664. The number of aryl methyl sites for hydroxylation is 2. The molecule has 1 aromatic heterocycles. The molecule has 0 saturated heterocycles. The number of thiophene rings is 1. The summed E-state index contributed by atoms with van der Waals surface area (Å²) in [5, 5.41) is 3.23. The van der Waals surface area contributed by atoms with Crippen LogP contribution in [0.5, 0.6) is 0 Å². The molecule has 0 saturated carbocycles. The quantitative estimate of drug-likeness (QED) is 0.717. The summed E-state index contributed by atoms with van der Waals surface area (Å²) in [5.41, 5.74) is 1.41. The van der Waals surface area contributed by atoms with Crippen LogP contribution in [0.3, 0.4) is 0 Å². The molecule has 1 rings (SSSR count). The van der Waals surface area contributed by atoms with Gasteiger partial charge in [-0.3, -0.25) is 0 Å². The number of nitrogens with one attached hydrogen (secondary N) is 1. The van der Waals surface area contributed by atoms with E-state index in [4.69, 9.17) is 0 Å². The number of hydrogen-bond donors (Lipinski definition) is 1. The summed E-state index contributed by atoms with van der Waals surface area (Å²) in [6, 6.07) is 2.76. The van der Waals surface area contributed by atoms with E-state index in [0.29, 0.717) is 6.04 Å². The Labute approximate surface area is 72.4 Å². The fourth-order valence-electron chi connectivity index (χ4n) is 0.957. The highest BCUT2D eigenvalue weighted by atomic mass is 32.1. The largest absolute Gasteiger partial charge is 0.313 e. The average molecular weight is 169 g/mol. The third-order valence-electron chi connectivity index (χ3n) is 2.04. The van der Waals surface area contributed by atoms with E-state index in [2.05, 4.69) is 32.2 Å². The van der Waals surface area contributed by atoms with Crippen molar-refractivity contribution in [3.8, 4) is 0 Å². The van der Waals surface area contributed by atoms with Crippen LogP contribution in [0.15, 0.2) is 6.07 Å². The molecule has 0 spiro atoms. The molecule has 0 fully saturated rings. The molecule has 0 unspecified atom stereocenters. The van der Waals surface area contributed by atoms with E-state index in [9.17, 15) is 0 Å². The van der Waals surface area contributed by atoms with Gasteiger partial charge in [-0.15, -0.1) is 11.3 Å². The zero-order valence-corrected chi connectivity index (χ0v) is 8.38. The van der Waals surface area contributed by atoms with E-state index in [0.717, 1.165) is 0 Å². The van der Waals surface area contributed by atoms with Crippen LogP contribution in [-0.4, -0.2) is 7.05 Å². The maximum absolute atomic E-state index is 3.23. The lowest BCUT2D eigenvalue weighted by Gasteiger charge is -2.05. The van der Waals surface area contributed by atoms with Gasteiger partial charge in [-0.1, -0.05) is 0 Å². The van der Waals surface area contributed by atoms with E-state index in [1.54, 1.807) is 0 Å². The molecule has 0 amide bonds. The molecule has 62 valence electrons. The molecule has 0 aliphatic heterocycles. The van der Waals surface area contributed by atoms with Crippen molar-refractivity contribution in [3.63, 3.8) is 0 Å². The molecule has 0 aliphatic rings. The molecular weight excluding hydrogens is 154 g/mol. The molecule has 0 radical (unpaired) electrons. The van der Waals surface area contributed by atoms with Crippen molar-refractivity contribution in [2.45, 2.75) is 26.8 Å². The first-order valence-corrected chi connectivity index (χ1v) is 4.71. The van der Waals surface area contributed by atoms with Crippen LogP contribution in [-0.2, 0) is 0 Å². The normalized spacial score (nSPS) is 13.5. The van der Waals surface area contributed by atoms with Crippen molar-refractivity contribution in [1.82, 2.24) is 5.32 Å². The zero-order valence-electron chi connectivity index (χ0n) is 7.56. The second-order valence-corrected chi connectivity index (χ2v) is 4.19. The Kier molecular flexibility index (Phi) is 2.68. The van der Waals surface area contributed by atoms with Gasteiger partial charge in [0, 0.05) is 15.8 Å². The molecule has 0 bridgehead atoms. The summed E-state index contributed by atoms with van der Waals surface area (Å²) in [6.07, 6.45) is 0. The van der Waals surface area contributed by atoms with Gasteiger partial charge in [0.15, 0.2) is 0 Å². The molecule has 1 aromatic rings. The predicted octanol–water partition coefficient (Wildman–Crippen LogP) is 2.65. The first-order chi connectivity index (χ1) is 5.15. The van der Waals surface area contributed by atoms with Crippen molar-refractivity contribution >= 4 is 11.3 Å². The maximum Gasteiger partial charge on any atom is 0.0383 e. The minimum absolute atomic E-state index is 0.493. The van der Waals surface area contributed by atoms with Crippen molar-refractivity contribution in [1.29, 1.82) is 0 Å². The minimum atomic E-state index is 0.493. The maximum atomic E-state index is 3.23. The van der Waals surface area contributed by atoms with Crippen LogP contribution in [0.2, 0.25) is 0 Å². The van der Waals surface area contributed by atoms with Crippen LogP contribution in [0, 0.1) is 13.8 Å². The van der Waals surface area contributed by atoms with Gasteiger partial charge in [-0.25, -0.2) is 0 Å². The lowest BCUT2D eigenvalue weighted by Crippen LogP contribution is -2.10. The van der Waals surface area contributed by atoms with Crippen molar-refractivity contribution in [2.75, 3.05) is 7.05 Å². The fraction of sp³-hybridized carbons (Fsp3) is 0.556. The van der Waals surface area contributed by atoms with Crippen LogP contribution in [0.4, 0.5) is 0 Å². The second kappa shape index (κ2) is 3.37. The molecule has 0 aromatic carbocycles. The first kappa shape index (κ1) is 8.75. The van der Waals surface area contributed by atoms with Gasteiger partial charge in [-0.2, -0.15) is 0 Å². The van der Waals surface area contributed by atoms with Crippen molar-refractivity contribution < 1.29 is 0 Å². The molecule has 0 aliphatic carbocycles. The Bertz CT molecular complexity index is 220. The van der Waals surface area contributed by atoms with E-state index in [1.807, 2.05) is 18.4 Å². The zero-order chi connectivity index (χ0) is 8.43. The molecule has 1 heterocycles. The van der Waals surface area contributed by atoms with E-state index in [-0.39, 0.29) is 0 Å². The summed E-state index contributed by atoms with van der Waals surface area (Å²) in [6.45, 7) is 6.52. The Balaban J connectivity index is 2.88. The van der Waals surface area contributed by atoms with Gasteiger partial charge in [-0.05, 0) is 39.4 Å². The SMILES string of the molecule is CN[C@H](C)c1cc(C)c(C)s1. The van der Waals surface area contributed by atoms with Gasteiger partial charge >= 0.3 is 0 Å². The van der Waals surface area contributed by atoms with Crippen LogP contribution in [0.1, 0.15) is 28.3 Å². The summed E-state index contributed by atoms with van der Waals surface area (Å²) in [4.78, 5) is 2.87. The predicted molar refractivity (Wildman–Crippen MR) is 51.3 cm³/mol. The highest BCUT2D eigenvalue weighted by Crippen LogP contribution is 2.25. The van der Waals surface area contributed by atoms with E-state index >= 15 is 0 Å². The summed E-state index contributed by atoms with van der Waals surface area (Å²) in [5.74, 6) is 0. The third kappa shape index (κ3) is 1.82. The molecule has 2 heteroatoms. The van der Waals surface area contributed by atoms with Gasteiger partial charge < -0.3 is 5.32 Å². The molecular formula is C9H15NS. The fourth-order valence-corrected chi connectivity index (χ4v) is 2.06. The number of hydrogen-bond acceptors (Lipinski definition) is 2. The standard InChI is InChI=1S/C9H15NS/c1-6-5-9(7(2)10-4)11-8(6)3/h5,7,10H,1-4H3/t7-/m1/s1. The smallest absolute Gasteiger partial charge is 0.0383 e. The Morgan fingerprint density at radius 1 is 1.45 bits per heavy atom. The first-order valence-electron chi connectivity index (χ1n) is 3.89. The van der Waals surface area contributed by atoms with Gasteiger partial charge in [0.2, 0.25) is 0 Å². The van der Waals surface area contributed by atoms with Crippen LogP contribution >= 0.6 is 11.3 Å². The monoisotopic (exact) mass is 169 g/mol. The van der Waals surface area contributed by atoms with Gasteiger partial charge in [0.1, 0.15) is 0 Å². The van der Waals surface area contributed by atoms with E-state index < -0.39 is 0 Å². The Morgan fingerprint density at radius 3 is 2.45 bits per heavy atom. The van der Waals surface area contributed by atoms with Gasteiger partial charge in [0.25, 0.3) is 0 Å². The average Bonchev–Trinajstić information content (AvgIpc) is 2.31. The van der Waals surface area contributed by atoms with Crippen LogP contribution in [0.25, 0.3) is 0 Å².